The summed E-state index contributed by atoms with van der Waals surface area (Å²) in [7, 11) is -1.28. The molecule has 0 N–H and O–H groups in total. The van der Waals surface area contributed by atoms with Crippen LogP contribution in [0.1, 0.15) is 5.56 Å². The molecular formula is C15H16Si. The Morgan fingerprint density at radius 3 is 2.38 bits per heavy atom. The van der Waals surface area contributed by atoms with Gasteiger partial charge in [-0.05, 0) is 17.2 Å². The van der Waals surface area contributed by atoms with Crippen LogP contribution >= 0.6 is 0 Å². The first-order valence-corrected chi connectivity index (χ1v) is 9.07. The zero-order valence-electron chi connectivity index (χ0n) is 10.0. The number of hydrogen-bond donors (Lipinski definition) is 0. The average molecular weight is 224 g/mol. The van der Waals surface area contributed by atoms with E-state index < -0.39 is 8.07 Å². The van der Waals surface area contributed by atoms with E-state index >= 15 is 0 Å². The van der Waals surface area contributed by atoms with Crippen LogP contribution in [0.2, 0.25) is 19.6 Å². The minimum absolute atomic E-state index is 1.16. The summed E-state index contributed by atoms with van der Waals surface area (Å²) in [4.78, 5) is 0. The van der Waals surface area contributed by atoms with Gasteiger partial charge in [0.05, 0.1) is 0 Å². The fourth-order valence-corrected chi connectivity index (χ4v) is 2.09. The summed E-state index contributed by atoms with van der Waals surface area (Å²) in [5, 5.41) is 0. The van der Waals surface area contributed by atoms with Gasteiger partial charge in [0.1, 0.15) is 8.07 Å². The van der Waals surface area contributed by atoms with E-state index in [2.05, 4.69) is 73.6 Å². The first-order chi connectivity index (χ1) is 7.56. The highest BCUT2D eigenvalue weighted by Gasteiger charge is 2.09. The molecule has 0 aromatic heterocycles. The van der Waals surface area contributed by atoms with Crippen LogP contribution in [0, 0.1) is 11.5 Å². The fraction of sp³-hybridized carbons (Fsp3) is 0.200. The van der Waals surface area contributed by atoms with Crippen molar-refractivity contribution in [2.75, 3.05) is 0 Å². The summed E-state index contributed by atoms with van der Waals surface area (Å²) in [6, 6.07) is 14.7. The van der Waals surface area contributed by atoms with Crippen LogP contribution in [0.4, 0.5) is 0 Å². The molecule has 0 aromatic rings. The molecule has 2 aliphatic carbocycles. The van der Waals surface area contributed by atoms with Crippen LogP contribution in [0.5, 0.6) is 0 Å². The Kier molecular flexibility index (Phi) is 2.85. The molecule has 0 bridgehead atoms. The Balaban J connectivity index is 2.46. The predicted molar refractivity (Wildman–Crippen MR) is 73.3 cm³/mol. The van der Waals surface area contributed by atoms with Gasteiger partial charge in [-0.1, -0.05) is 62.0 Å². The molecule has 0 radical (unpaired) electrons. The molecule has 1 heteroatoms. The highest BCUT2D eigenvalue weighted by atomic mass is 28.3. The van der Waals surface area contributed by atoms with Crippen LogP contribution in [0.25, 0.3) is 11.1 Å². The van der Waals surface area contributed by atoms with Crippen LogP contribution in [-0.2, 0) is 0 Å². The molecule has 0 unspecified atom stereocenters. The second-order valence-corrected chi connectivity index (χ2v) is 9.78. The molecule has 0 fully saturated rings. The molecular weight excluding hydrogens is 208 g/mol. The summed E-state index contributed by atoms with van der Waals surface area (Å²) in [6.45, 7) is 6.81. The zero-order valence-corrected chi connectivity index (χ0v) is 11.0. The maximum atomic E-state index is 3.42. The van der Waals surface area contributed by atoms with Gasteiger partial charge in [-0.3, -0.25) is 0 Å². The van der Waals surface area contributed by atoms with E-state index in [-0.39, 0.29) is 0 Å². The first-order valence-electron chi connectivity index (χ1n) is 5.57. The van der Waals surface area contributed by atoms with E-state index in [1.165, 1.54) is 11.1 Å². The van der Waals surface area contributed by atoms with Gasteiger partial charge < -0.3 is 0 Å². The fourth-order valence-electron chi connectivity index (χ4n) is 1.58. The average Bonchev–Trinajstić information content (AvgIpc) is 2.43. The maximum absolute atomic E-state index is 3.42. The third-order valence-corrected chi connectivity index (χ3v) is 3.24. The monoisotopic (exact) mass is 224 g/mol. The number of rotatable bonds is 0. The predicted octanol–water partition coefficient (Wildman–Crippen LogP) is 4.02. The van der Waals surface area contributed by atoms with Crippen molar-refractivity contribution in [3.8, 4) is 22.6 Å². The standard InChI is InChI=1S/C15H16Si/c1-16(2,3)12-11-14-10-9-13-7-5-4-6-8-15(13)14/h4-10H,1-3H3. The van der Waals surface area contributed by atoms with Crippen molar-refractivity contribution < 1.29 is 0 Å². The summed E-state index contributed by atoms with van der Waals surface area (Å²) in [5.41, 5.74) is 7.10. The number of hydrogen-bond acceptors (Lipinski definition) is 0. The van der Waals surface area contributed by atoms with Crippen molar-refractivity contribution in [2.45, 2.75) is 19.6 Å². The molecule has 16 heavy (non-hydrogen) atoms. The van der Waals surface area contributed by atoms with Gasteiger partial charge in [0.25, 0.3) is 0 Å². The number of fused-ring (bicyclic) bond motifs is 1. The van der Waals surface area contributed by atoms with E-state index in [0.717, 1.165) is 5.56 Å². The summed E-state index contributed by atoms with van der Waals surface area (Å²) in [5.74, 6) is 3.33. The molecule has 0 saturated heterocycles. The molecule has 0 aliphatic heterocycles. The van der Waals surface area contributed by atoms with Crippen molar-refractivity contribution in [3.05, 3.63) is 48.0 Å². The van der Waals surface area contributed by atoms with E-state index in [1.807, 2.05) is 0 Å². The SMILES string of the molecule is C[Si](C)(C)C#Cc1ccc2cccccc1-2. The van der Waals surface area contributed by atoms with Crippen molar-refractivity contribution in [2.24, 2.45) is 0 Å². The molecule has 0 aromatic carbocycles. The second kappa shape index (κ2) is 4.15. The van der Waals surface area contributed by atoms with Gasteiger partial charge in [0.15, 0.2) is 0 Å². The molecule has 0 saturated carbocycles. The first kappa shape index (κ1) is 11.0. The maximum Gasteiger partial charge on any atom is 0.129 e. The highest BCUT2D eigenvalue weighted by Crippen LogP contribution is 2.25. The Labute approximate surface area is 98.7 Å². The molecule has 0 nitrogen and oxygen atoms in total. The Morgan fingerprint density at radius 2 is 1.62 bits per heavy atom. The molecule has 0 amide bonds. The van der Waals surface area contributed by atoms with Gasteiger partial charge in [0.2, 0.25) is 0 Å². The van der Waals surface area contributed by atoms with E-state index in [0.29, 0.717) is 0 Å². The van der Waals surface area contributed by atoms with Gasteiger partial charge in [-0.15, -0.1) is 5.54 Å². The quantitative estimate of drug-likeness (QED) is 0.468. The van der Waals surface area contributed by atoms with Crippen LogP contribution in [-0.4, -0.2) is 8.07 Å². The highest BCUT2D eigenvalue weighted by molar-refractivity contribution is 6.83. The zero-order chi connectivity index (χ0) is 11.6. The van der Waals surface area contributed by atoms with Crippen molar-refractivity contribution in [3.63, 3.8) is 0 Å². The molecule has 0 atom stereocenters. The smallest absolute Gasteiger partial charge is 0.127 e. The van der Waals surface area contributed by atoms with Crippen molar-refractivity contribution in [1.82, 2.24) is 0 Å². The molecule has 80 valence electrons. The lowest BCUT2D eigenvalue weighted by molar-refractivity contribution is 1.77. The van der Waals surface area contributed by atoms with Gasteiger partial charge >= 0.3 is 0 Å². The minimum atomic E-state index is -1.28. The Morgan fingerprint density at radius 1 is 0.875 bits per heavy atom. The van der Waals surface area contributed by atoms with E-state index in [4.69, 9.17) is 0 Å². The van der Waals surface area contributed by atoms with Crippen molar-refractivity contribution in [1.29, 1.82) is 0 Å². The molecule has 0 spiro atoms. The summed E-state index contributed by atoms with van der Waals surface area (Å²) < 4.78 is 0. The van der Waals surface area contributed by atoms with E-state index in [9.17, 15) is 0 Å². The van der Waals surface area contributed by atoms with Gasteiger partial charge in [-0.25, -0.2) is 0 Å². The largest absolute Gasteiger partial charge is 0.129 e. The van der Waals surface area contributed by atoms with Crippen LogP contribution in [0.3, 0.4) is 0 Å². The van der Waals surface area contributed by atoms with Gasteiger partial charge in [0, 0.05) is 5.56 Å². The molecule has 2 rings (SSSR count). The summed E-state index contributed by atoms with van der Waals surface area (Å²) in [6.07, 6.45) is 0. The third kappa shape index (κ3) is 2.53. The van der Waals surface area contributed by atoms with Crippen LogP contribution in [0.15, 0.2) is 42.5 Å². The lowest BCUT2D eigenvalue weighted by Gasteiger charge is -2.03. The normalized spacial score (nSPS) is 10.9. The Hall–Kier alpha value is -1.52. The lowest BCUT2D eigenvalue weighted by Crippen LogP contribution is -2.16. The lowest BCUT2D eigenvalue weighted by atomic mass is 10.1. The van der Waals surface area contributed by atoms with E-state index in [1.54, 1.807) is 0 Å². The third-order valence-electron chi connectivity index (χ3n) is 2.36. The van der Waals surface area contributed by atoms with Crippen molar-refractivity contribution >= 4 is 8.07 Å². The minimum Gasteiger partial charge on any atom is -0.127 e. The molecule has 0 heterocycles. The van der Waals surface area contributed by atoms with Gasteiger partial charge in [-0.2, -0.15) is 0 Å². The Bertz CT molecular complexity index is 523. The summed E-state index contributed by atoms with van der Waals surface area (Å²) >= 11 is 0. The molecule has 2 aliphatic rings. The topological polar surface area (TPSA) is 0 Å². The van der Waals surface area contributed by atoms with Crippen LogP contribution < -0.4 is 0 Å². The second-order valence-electron chi connectivity index (χ2n) is 5.03.